The Morgan fingerprint density at radius 3 is 0.506 bits per heavy atom. The fourth-order valence-corrected chi connectivity index (χ4v) is 11.6. The number of rotatable bonds is 69. The van der Waals surface area contributed by atoms with E-state index in [-0.39, 0.29) is 31.1 Å². The summed E-state index contributed by atoms with van der Waals surface area (Å²) in [7, 11) is 0. The number of hydrogen-bond donors (Lipinski definition) is 0. The minimum Gasteiger partial charge on any atom is -0.462 e. The summed E-state index contributed by atoms with van der Waals surface area (Å²) < 4.78 is 17.0. The molecule has 6 nitrogen and oxygen atoms in total. The standard InChI is InChI=1S/C73H142O6/c1-4-7-10-13-16-19-22-25-27-29-31-32-33-34-35-36-37-38-39-40-41-42-44-45-48-51-54-57-60-63-66-72(75)78-69-70(68-77-71(74)65-62-59-56-53-50-47-24-21-18-15-12-9-6-3)79-73(76)67-64-61-58-55-52-49-46-43-30-28-26-23-20-17-14-11-8-5-2/h70H,4-69H2,1-3H3. The van der Waals surface area contributed by atoms with Crippen molar-refractivity contribution in [3.63, 3.8) is 0 Å². The normalized spacial score (nSPS) is 11.9. The molecule has 0 saturated carbocycles. The Morgan fingerprint density at radius 1 is 0.203 bits per heavy atom. The molecule has 470 valence electrons. The first-order chi connectivity index (χ1) is 39.0. The van der Waals surface area contributed by atoms with Gasteiger partial charge in [-0.15, -0.1) is 0 Å². The Morgan fingerprint density at radius 2 is 0.342 bits per heavy atom. The number of carbonyl (C=O) groups excluding carboxylic acids is 3. The molecule has 0 radical (unpaired) electrons. The minimum absolute atomic E-state index is 0.0602. The van der Waals surface area contributed by atoms with Crippen LogP contribution in [0.2, 0.25) is 0 Å². The Labute approximate surface area is 495 Å². The summed E-state index contributed by atoms with van der Waals surface area (Å²) in [5, 5.41) is 0. The second kappa shape index (κ2) is 68.9. The number of hydrogen-bond acceptors (Lipinski definition) is 6. The van der Waals surface area contributed by atoms with Crippen LogP contribution in [0.1, 0.15) is 432 Å². The predicted octanol–water partition coefficient (Wildman–Crippen LogP) is 25.0. The van der Waals surface area contributed by atoms with E-state index in [4.69, 9.17) is 14.2 Å². The van der Waals surface area contributed by atoms with Crippen LogP contribution >= 0.6 is 0 Å². The highest BCUT2D eigenvalue weighted by atomic mass is 16.6. The zero-order valence-electron chi connectivity index (χ0n) is 54.2. The maximum absolute atomic E-state index is 12.9. The smallest absolute Gasteiger partial charge is 0.306 e. The first-order valence-electron chi connectivity index (χ1n) is 36.5. The van der Waals surface area contributed by atoms with Gasteiger partial charge in [0.05, 0.1) is 0 Å². The van der Waals surface area contributed by atoms with Crippen LogP contribution < -0.4 is 0 Å². The molecule has 1 unspecified atom stereocenters. The molecule has 0 fully saturated rings. The predicted molar refractivity (Wildman–Crippen MR) is 344 cm³/mol. The van der Waals surface area contributed by atoms with Gasteiger partial charge in [-0.3, -0.25) is 14.4 Å². The average molecular weight is 1120 g/mol. The minimum atomic E-state index is -0.763. The maximum atomic E-state index is 12.9. The number of ether oxygens (including phenoxy) is 3. The number of unbranched alkanes of at least 4 members (excludes halogenated alkanes) is 58. The van der Waals surface area contributed by atoms with Crippen molar-refractivity contribution in [2.75, 3.05) is 13.2 Å². The molecule has 0 aliphatic heterocycles. The van der Waals surface area contributed by atoms with Crippen LogP contribution in [0.15, 0.2) is 0 Å². The summed E-state index contributed by atoms with van der Waals surface area (Å²) in [6.07, 6.45) is 81.5. The van der Waals surface area contributed by atoms with Gasteiger partial charge in [-0.25, -0.2) is 0 Å². The van der Waals surface area contributed by atoms with Gasteiger partial charge in [0, 0.05) is 19.3 Å². The third kappa shape index (κ3) is 67.1. The van der Waals surface area contributed by atoms with Crippen LogP contribution in [0.4, 0.5) is 0 Å². The van der Waals surface area contributed by atoms with E-state index in [0.29, 0.717) is 19.3 Å². The summed E-state index contributed by atoms with van der Waals surface area (Å²) in [6, 6.07) is 0. The molecular formula is C73H142O6. The van der Waals surface area contributed by atoms with Crippen molar-refractivity contribution >= 4 is 17.9 Å². The molecular weight excluding hydrogens is 973 g/mol. The molecule has 0 bridgehead atoms. The number of carbonyl (C=O) groups is 3. The molecule has 0 amide bonds. The molecule has 0 saturated heterocycles. The highest BCUT2D eigenvalue weighted by Crippen LogP contribution is 2.20. The van der Waals surface area contributed by atoms with Crippen LogP contribution in [-0.4, -0.2) is 37.2 Å². The summed E-state index contributed by atoms with van der Waals surface area (Å²) >= 11 is 0. The lowest BCUT2D eigenvalue weighted by atomic mass is 10.0. The lowest BCUT2D eigenvalue weighted by Crippen LogP contribution is -2.30. The van der Waals surface area contributed by atoms with Crippen molar-refractivity contribution in [1.82, 2.24) is 0 Å². The quantitative estimate of drug-likeness (QED) is 0.0343. The van der Waals surface area contributed by atoms with E-state index in [1.807, 2.05) is 0 Å². The van der Waals surface area contributed by atoms with Gasteiger partial charge in [0.15, 0.2) is 6.10 Å². The third-order valence-corrected chi connectivity index (χ3v) is 17.1. The zero-order valence-corrected chi connectivity index (χ0v) is 54.2. The van der Waals surface area contributed by atoms with Crippen molar-refractivity contribution in [2.45, 2.75) is 438 Å². The van der Waals surface area contributed by atoms with E-state index in [9.17, 15) is 14.4 Å². The molecule has 0 aliphatic carbocycles. The van der Waals surface area contributed by atoms with Crippen molar-refractivity contribution in [1.29, 1.82) is 0 Å². The van der Waals surface area contributed by atoms with E-state index in [2.05, 4.69) is 20.8 Å². The van der Waals surface area contributed by atoms with Gasteiger partial charge in [-0.1, -0.05) is 393 Å². The van der Waals surface area contributed by atoms with E-state index >= 15 is 0 Å². The van der Waals surface area contributed by atoms with E-state index in [0.717, 1.165) is 57.8 Å². The lowest BCUT2D eigenvalue weighted by molar-refractivity contribution is -0.167. The topological polar surface area (TPSA) is 78.9 Å². The Bertz CT molecular complexity index is 1190. The van der Waals surface area contributed by atoms with Gasteiger partial charge < -0.3 is 14.2 Å². The van der Waals surface area contributed by atoms with Crippen LogP contribution in [0.3, 0.4) is 0 Å². The van der Waals surface area contributed by atoms with Crippen molar-refractivity contribution < 1.29 is 28.6 Å². The van der Waals surface area contributed by atoms with Gasteiger partial charge in [-0.2, -0.15) is 0 Å². The summed E-state index contributed by atoms with van der Waals surface area (Å²) in [6.45, 7) is 6.74. The molecule has 0 aromatic rings. The molecule has 1 atom stereocenters. The zero-order chi connectivity index (χ0) is 57.1. The van der Waals surface area contributed by atoms with Crippen molar-refractivity contribution in [3.8, 4) is 0 Å². The molecule has 0 rings (SSSR count). The van der Waals surface area contributed by atoms with Crippen LogP contribution in [0.5, 0.6) is 0 Å². The second-order valence-electron chi connectivity index (χ2n) is 25.2. The Kier molecular flexibility index (Phi) is 67.5. The Hall–Kier alpha value is -1.59. The third-order valence-electron chi connectivity index (χ3n) is 17.1. The molecule has 0 aromatic heterocycles. The Balaban J connectivity index is 4.11. The molecule has 0 spiro atoms. The first kappa shape index (κ1) is 77.4. The van der Waals surface area contributed by atoms with Gasteiger partial charge in [0.1, 0.15) is 13.2 Å². The average Bonchev–Trinajstić information content (AvgIpc) is 3.45. The fourth-order valence-electron chi connectivity index (χ4n) is 11.6. The fraction of sp³-hybridized carbons (Fsp3) is 0.959. The first-order valence-corrected chi connectivity index (χ1v) is 36.5. The molecule has 79 heavy (non-hydrogen) atoms. The van der Waals surface area contributed by atoms with Crippen LogP contribution in [0.25, 0.3) is 0 Å². The van der Waals surface area contributed by atoms with Gasteiger partial charge >= 0.3 is 17.9 Å². The summed E-state index contributed by atoms with van der Waals surface area (Å²) in [4.78, 5) is 38.4. The molecule has 6 heteroatoms. The molecule has 0 heterocycles. The molecule has 0 aliphatic rings. The number of esters is 3. The lowest BCUT2D eigenvalue weighted by Gasteiger charge is -2.18. The van der Waals surface area contributed by atoms with Gasteiger partial charge in [0.25, 0.3) is 0 Å². The van der Waals surface area contributed by atoms with Crippen LogP contribution in [-0.2, 0) is 28.6 Å². The highest BCUT2D eigenvalue weighted by molar-refractivity contribution is 5.71. The molecule has 0 aromatic carbocycles. The second-order valence-corrected chi connectivity index (χ2v) is 25.2. The monoisotopic (exact) mass is 1120 g/mol. The van der Waals surface area contributed by atoms with Crippen molar-refractivity contribution in [2.24, 2.45) is 0 Å². The largest absolute Gasteiger partial charge is 0.462 e. The highest BCUT2D eigenvalue weighted by Gasteiger charge is 2.20. The summed E-state index contributed by atoms with van der Waals surface area (Å²) in [5.41, 5.74) is 0. The van der Waals surface area contributed by atoms with E-state index < -0.39 is 6.10 Å². The van der Waals surface area contributed by atoms with E-state index in [1.165, 1.54) is 334 Å². The molecule has 0 N–H and O–H groups in total. The SMILES string of the molecule is CCCCCCCCCCCCCCCCCCCCCCCCCCCCCCCCC(=O)OCC(COC(=O)CCCCCCCCCCCCCCC)OC(=O)CCCCCCCCCCCCCCCCCCCC. The van der Waals surface area contributed by atoms with Crippen LogP contribution in [0, 0.1) is 0 Å². The van der Waals surface area contributed by atoms with E-state index in [1.54, 1.807) is 0 Å². The van der Waals surface area contributed by atoms with Gasteiger partial charge in [-0.05, 0) is 19.3 Å². The van der Waals surface area contributed by atoms with Gasteiger partial charge in [0.2, 0.25) is 0 Å². The maximum Gasteiger partial charge on any atom is 0.306 e. The summed E-state index contributed by atoms with van der Waals surface area (Å²) in [5.74, 6) is -0.820. The van der Waals surface area contributed by atoms with Crippen molar-refractivity contribution in [3.05, 3.63) is 0 Å².